The van der Waals surface area contributed by atoms with Gasteiger partial charge in [0.25, 0.3) is 0 Å². The molecule has 9 atom stereocenters. The van der Waals surface area contributed by atoms with Crippen molar-refractivity contribution in [2.24, 2.45) is 39.9 Å². The number of fused-ring (bicyclic) bond motifs is 4. The number of carbonyl (C=O) groups is 3. The lowest BCUT2D eigenvalue weighted by atomic mass is 9.45. The van der Waals surface area contributed by atoms with Crippen molar-refractivity contribution in [2.75, 3.05) is 0 Å². The Kier molecular flexibility index (Phi) is 10.2. The molecule has 1 saturated carbocycles. The number of aliphatic hydroxyl groups excluding tert-OH is 2. The Labute approximate surface area is 268 Å². The van der Waals surface area contributed by atoms with Gasteiger partial charge in [-0.2, -0.15) is 0 Å². The van der Waals surface area contributed by atoms with E-state index in [1.807, 2.05) is 13.8 Å². The summed E-state index contributed by atoms with van der Waals surface area (Å²) in [6.45, 7) is 20.4. The zero-order valence-corrected chi connectivity index (χ0v) is 28.4. The molecule has 0 aromatic heterocycles. The third kappa shape index (κ3) is 6.17. The van der Waals surface area contributed by atoms with E-state index < -0.39 is 58.5 Å². The molecule has 45 heavy (non-hydrogen) atoms. The number of hydroxylamine groups is 1. The second-order valence-corrected chi connectivity index (χ2v) is 15.5. The van der Waals surface area contributed by atoms with Crippen molar-refractivity contribution in [3.05, 3.63) is 34.9 Å². The number of aliphatic hydroxyl groups is 2. The summed E-state index contributed by atoms with van der Waals surface area (Å²) in [5.41, 5.74) is 3.93. The lowest BCUT2D eigenvalue weighted by Crippen LogP contribution is -2.63. The lowest BCUT2D eigenvalue weighted by Gasteiger charge is -2.62. The van der Waals surface area contributed by atoms with Gasteiger partial charge in [-0.15, -0.1) is 0 Å². The van der Waals surface area contributed by atoms with Crippen LogP contribution in [0.4, 0.5) is 0 Å². The van der Waals surface area contributed by atoms with Gasteiger partial charge < -0.3 is 19.7 Å². The van der Waals surface area contributed by atoms with Crippen molar-refractivity contribution in [3.63, 3.8) is 0 Å². The zero-order chi connectivity index (χ0) is 33.6. The first-order chi connectivity index (χ1) is 20.9. The van der Waals surface area contributed by atoms with Crippen molar-refractivity contribution in [1.29, 1.82) is 0 Å². The Hall–Kier alpha value is -2.49. The van der Waals surface area contributed by atoms with Crippen molar-refractivity contribution in [2.45, 2.75) is 131 Å². The minimum atomic E-state index is -1.06. The molecule has 252 valence electrons. The molecule has 0 aromatic rings. The number of hydrogen-bond donors (Lipinski definition) is 4. The van der Waals surface area contributed by atoms with E-state index in [2.05, 4.69) is 47.3 Å². The second-order valence-electron chi connectivity index (χ2n) is 15.5. The van der Waals surface area contributed by atoms with Crippen LogP contribution in [0.2, 0.25) is 0 Å². The normalized spacial score (nSPS) is 35.9. The fraction of sp³-hybridized carbons (Fsp3) is 0.750. The van der Waals surface area contributed by atoms with E-state index in [-0.39, 0.29) is 31.1 Å². The molecule has 9 nitrogen and oxygen atoms in total. The van der Waals surface area contributed by atoms with E-state index in [1.54, 1.807) is 0 Å². The van der Waals surface area contributed by atoms with Crippen LogP contribution in [0.1, 0.15) is 107 Å². The van der Waals surface area contributed by atoms with E-state index in [0.717, 1.165) is 48.8 Å². The number of rotatable bonds is 10. The summed E-state index contributed by atoms with van der Waals surface area (Å²) in [4.78, 5) is 36.9. The average Bonchev–Trinajstić information content (AvgIpc) is 3.32. The summed E-state index contributed by atoms with van der Waals surface area (Å²) in [6.07, 6.45) is 2.68. The number of carbonyl (C=O) groups excluding carboxylic acids is 3. The smallest absolute Gasteiger partial charge is 0.306 e. The van der Waals surface area contributed by atoms with Gasteiger partial charge in [-0.25, -0.2) is 5.48 Å². The number of hydrogen-bond acceptors (Lipinski definition) is 8. The molecule has 0 spiro atoms. The Bertz CT molecular complexity index is 1270. The minimum Gasteiger partial charge on any atom is -0.460 e. The molecule has 0 heterocycles. The van der Waals surface area contributed by atoms with Crippen LogP contribution in [0.3, 0.4) is 0 Å². The van der Waals surface area contributed by atoms with Crippen LogP contribution in [-0.2, 0) is 23.9 Å². The monoisotopic (exact) mass is 629 g/mol. The van der Waals surface area contributed by atoms with Crippen LogP contribution in [0.25, 0.3) is 0 Å². The predicted octanol–water partition coefficient (Wildman–Crippen LogP) is 5.57. The van der Waals surface area contributed by atoms with Crippen LogP contribution >= 0.6 is 0 Å². The fourth-order valence-corrected chi connectivity index (χ4v) is 9.63. The van der Waals surface area contributed by atoms with Crippen molar-refractivity contribution >= 4 is 17.8 Å². The molecule has 1 fully saturated rings. The molecule has 4 rings (SSSR count). The summed E-state index contributed by atoms with van der Waals surface area (Å²) >= 11 is 0. The summed E-state index contributed by atoms with van der Waals surface area (Å²) in [5, 5.41) is 32.7. The van der Waals surface area contributed by atoms with Gasteiger partial charge in [0.15, 0.2) is 0 Å². The molecule has 0 radical (unpaired) electrons. The third-order valence-corrected chi connectivity index (χ3v) is 12.1. The molecule has 3 unspecified atom stereocenters. The molecule has 0 saturated heterocycles. The molecule has 0 aromatic carbocycles. The first-order valence-corrected chi connectivity index (χ1v) is 16.7. The van der Waals surface area contributed by atoms with Gasteiger partial charge in [0.1, 0.15) is 18.3 Å². The topological polar surface area (TPSA) is 142 Å². The third-order valence-electron chi connectivity index (χ3n) is 12.1. The average molecular weight is 630 g/mol. The van der Waals surface area contributed by atoms with Gasteiger partial charge >= 0.3 is 11.9 Å². The highest BCUT2D eigenvalue weighted by Crippen LogP contribution is 2.67. The fourth-order valence-electron chi connectivity index (χ4n) is 9.63. The summed E-state index contributed by atoms with van der Waals surface area (Å²) in [7, 11) is 0. The molecule has 4 aliphatic rings. The maximum absolute atomic E-state index is 12.8. The molecule has 4 N–H and O–H groups in total. The van der Waals surface area contributed by atoms with Crippen LogP contribution in [-0.4, -0.2) is 57.7 Å². The first-order valence-electron chi connectivity index (χ1n) is 16.7. The Balaban J connectivity index is 1.73. The van der Waals surface area contributed by atoms with E-state index >= 15 is 0 Å². The highest BCUT2D eigenvalue weighted by atomic mass is 16.6. The lowest BCUT2D eigenvalue weighted by molar-refractivity contribution is -0.194. The molecular formula is C36H55NO8. The van der Waals surface area contributed by atoms with Gasteiger partial charge in [-0.3, -0.25) is 19.6 Å². The van der Waals surface area contributed by atoms with E-state index in [9.17, 15) is 24.6 Å². The maximum Gasteiger partial charge on any atom is 0.306 e. The summed E-state index contributed by atoms with van der Waals surface area (Å²) < 4.78 is 11.9. The number of esters is 2. The van der Waals surface area contributed by atoms with Crippen molar-refractivity contribution < 1.29 is 39.3 Å². The highest BCUT2D eigenvalue weighted by molar-refractivity contribution is 5.80. The SMILES string of the molecule is C=C(CC[C@@H](C)[C@H]1CC=C2C3=C([C@@H](O)[C@H](OC(C)=O)C21C)C1(C)C[C@@H](OC(=O)CCC(=O)NO)[C@H](O)C(C)(C)C1CC3)C(C)C. The largest absolute Gasteiger partial charge is 0.460 e. The standard InChI is InChI=1S/C36H55NO8/c1-19(2)20(3)10-11-21(4)24-13-14-25-23-12-15-27-34(6,7)32(42)26(45-29(40)17-16-28(39)37-43)18-35(27,8)30(23)31(41)33(36(24,25)9)44-22(5)38/h14,19,21,24,26-27,31-33,41-43H,3,10-13,15-18H2,1-2,4-9H3,(H,37,39)/t21-,24-,26-,27?,31-,32+,33+,35?,36?/m1/s1. The first kappa shape index (κ1) is 35.4. The van der Waals surface area contributed by atoms with Gasteiger partial charge in [0, 0.05) is 18.8 Å². The number of allylic oxidation sites excluding steroid dienone is 3. The number of nitrogens with one attached hydrogen (secondary N) is 1. The van der Waals surface area contributed by atoms with E-state index in [0.29, 0.717) is 11.8 Å². The minimum absolute atomic E-state index is 0.0374. The van der Waals surface area contributed by atoms with Gasteiger partial charge in [-0.05, 0) is 89.7 Å². The molecule has 0 bridgehead atoms. The summed E-state index contributed by atoms with van der Waals surface area (Å²) in [6, 6.07) is 0. The number of ether oxygens (including phenoxy) is 2. The van der Waals surface area contributed by atoms with Gasteiger partial charge in [-0.1, -0.05) is 66.7 Å². The summed E-state index contributed by atoms with van der Waals surface area (Å²) in [5.74, 6) is -0.927. The molecule has 4 aliphatic carbocycles. The maximum atomic E-state index is 12.8. The van der Waals surface area contributed by atoms with Crippen LogP contribution in [0, 0.1) is 39.9 Å². The predicted molar refractivity (Wildman–Crippen MR) is 170 cm³/mol. The molecular weight excluding hydrogens is 574 g/mol. The van der Waals surface area contributed by atoms with Gasteiger partial charge in [0.2, 0.25) is 5.91 Å². The van der Waals surface area contributed by atoms with Crippen LogP contribution in [0.15, 0.2) is 34.9 Å². The van der Waals surface area contributed by atoms with Crippen LogP contribution < -0.4 is 5.48 Å². The molecule has 1 amide bonds. The number of amides is 1. The van der Waals surface area contributed by atoms with Crippen LogP contribution in [0.5, 0.6) is 0 Å². The van der Waals surface area contributed by atoms with E-state index in [1.165, 1.54) is 18.0 Å². The quantitative estimate of drug-likeness (QED) is 0.106. The van der Waals surface area contributed by atoms with Crippen molar-refractivity contribution in [3.8, 4) is 0 Å². The van der Waals surface area contributed by atoms with E-state index in [4.69, 9.17) is 14.7 Å². The second kappa shape index (κ2) is 13.0. The zero-order valence-electron chi connectivity index (χ0n) is 28.4. The highest BCUT2D eigenvalue weighted by Gasteiger charge is 2.65. The Morgan fingerprint density at radius 3 is 2.33 bits per heavy atom. The molecule has 0 aliphatic heterocycles. The molecule has 9 heteroatoms. The van der Waals surface area contributed by atoms with Crippen molar-refractivity contribution in [1.82, 2.24) is 5.48 Å². The Morgan fingerprint density at radius 1 is 1.07 bits per heavy atom. The van der Waals surface area contributed by atoms with Gasteiger partial charge in [0.05, 0.1) is 12.5 Å². The Morgan fingerprint density at radius 2 is 1.73 bits per heavy atom.